The van der Waals surface area contributed by atoms with Crippen molar-refractivity contribution < 1.29 is 0 Å². The lowest BCUT2D eigenvalue weighted by Crippen LogP contribution is -2.29. The standard InChI is InChI=1S/C9H18N4/c1-3-12-8(5-10)9-6-11-7-13(9)4-2/h6-8,12H,3-5,10H2,1-2H3. The number of rotatable bonds is 5. The molecule has 0 aliphatic carbocycles. The molecule has 0 fully saturated rings. The van der Waals surface area contributed by atoms with Crippen LogP contribution in [-0.2, 0) is 6.54 Å². The van der Waals surface area contributed by atoms with Crippen LogP contribution in [0, 0.1) is 0 Å². The van der Waals surface area contributed by atoms with Crippen LogP contribution in [-0.4, -0.2) is 22.6 Å². The van der Waals surface area contributed by atoms with Gasteiger partial charge in [0.25, 0.3) is 0 Å². The first kappa shape index (κ1) is 10.2. The third-order valence-electron chi connectivity index (χ3n) is 2.13. The first-order valence-electron chi connectivity index (χ1n) is 4.76. The Kier molecular flexibility index (Phi) is 3.92. The fourth-order valence-electron chi connectivity index (χ4n) is 1.44. The number of hydrogen-bond donors (Lipinski definition) is 2. The molecule has 0 amide bonds. The van der Waals surface area contributed by atoms with Crippen LogP contribution in [0.2, 0.25) is 0 Å². The second kappa shape index (κ2) is 4.99. The van der Waals surface area contributed by atoms with E-state index < -0.39 is 0 Å². The van der Waals surface area contributed by atoms with Crippen LogP contribution >= 0.6 is 0 Å². The number of nitrogens with zero attached hydrogens (tertiary/aromatic N) is 2. The zero-order valence-electron chi connectivity index (χ0n) is 8.33. The van der Waals surface area contributed by atoms with Gasteiger partial charge in [0.15, 0.2) is 0 Å². The van der Waals surface area contributed by atoms with Crippen molar-refractivity contribution in [2.75, 3.05) is 13.1 Å². The number of likely N-dealkylation sites (N-methyl/N-ethyl adjacent to an activating group) is 1. The fraction of sp³-hybridized carbons (Fsp3) is 0.667. The summed E-state index contributed by atoms with van der Waals surface area (Å²) >= 11 is 0. The number of nitrogens with one attached hydrogen (secondary N) is 1. The van der Waals surface area contributed by atoms with E-state index in [-0.39, 0.29) is 6.04 Å². The lowest BCUT2D eigenvalue weighted by Gasteiger charge is -2.16. The van der Waals surface area contributed by atoms with E-state index >= 15 is 0 Å². The van der Waals surface area contributed by atoms with Gasteiger partial charge in [-0.05, 0) is 13.5 Å². The third-order valence-corrected chi connectivity index (χ3v) is 2.13. The molecule has 0 radical (unpaired) electrons. The van der Waals surface area contributed by atoms with Crippen molar-refractivity contribution in [3.05, 3.63) is 18.2 Å². The number of imidazole rings is 1. The van der Waals surface area contributed by atoms with Crippen molar-refractivity contribution in [1.29, 1.82) is 0 Å². The molecule has 1 aromatic rings. The molecule has 0 spiro atoms. The van der Waals surface area contributed by atoms with E-state index in [1.54, 1.807) is 0 Å². The number of aryl methyl sites for hydroxylation is 1. The molecule has 0 saturated carbocycles. The molecule has 0 saturated heterocycles. The Balaban J connectivity index is 2.77. The Morgan fingerprint density at radius 2 is 2.38 bits per heavy atom. The van der Waals surface area contributed by atoms with Crippen molar-refractivity contribution in [2.24, 2.45) is 5.73 Å². The summed E-state index contributed by atoms with van der Waals surface area (Å²) in [4.78, 5) is 4.11. The van der Waals surface area contributed by atoms with Crippen molar-refractivity contribution in [3.63, 3.8) is 0 Å². The lowest BCUT2D eigenvalue weighted by molar-refractivity contribution is 0.520. The van der Waals surface area contributed by atoms with E-state index in [0.29, 0.717) is 6.54 Å². The van der Waals surface area contributed by atoms with Gasteiger partial charge in [0.2, 0.25) is 0 Å². The van der Waals surface area contributed by atoms with Crippen LogP contribution in [0.1, 0.15) is 25.6 Å². The molecular formula is C9H18N4. The molecule has 13 heavy (non-hydrogen) atoms. The zero-order valence-corrected chi connectivity index (χ0v) is 8.33. The molecule has 1 heterocycles. The number of hydrogen-bond acceptors (Lipinski definition) is 3. The van der Waals surface area contributed by atoms with Crippen LogP contribution in [0.4, 0.5) is 0 Å². The molecule has 1 rings (SSSR count). The van der Waals surface area contributed by atoms with Crippen molar-refractivity contribution >= 4 is 0 Å². The van der Waals surface area contributed by atoms with E-state index in [4.69, 9.17) is 5.73 Å². The molecule has 0 aromatic carbocycles. The smallest absolute Gasteiger partial charge is 0.0948 e. The first-order chi connectivity index (χ1) is 6.33. The van der Waals surface area contributed by atoms with Crippen molar-refractivity contribution in [1.82, 2.24) is 14.9 Å². The Morgan fingerprint density at radius 3 is 2.92 bits per heavy atom. The summed E-state index contributed by atoms with van der Waals surface area (Å²) < 4.78 is 2.11. The van der Waals surface area contributed by atoms with Gasteiger partial charge in [-0.15, -0.1) is 0 Å². The average molecular weight is 182 g/mol. The maximum absolute atomic E-state index is 5.67. The van der Waals surface area contributed by atoms with E-state index in [0.717, 1.165) is 13.1 Å². The predicted octanol–water partition coefficient (Wildman–Crippen LogP) is 0.512. The van der Waals surface area contributed by atoms with Gasteiger partial charge in [-0.25, -0.2) is 4.98 Å². The highest BCUT2D eigenvalue weighted by Crippen LogP contribution is 2.10. The molecule has 4 heteroatoms. The zero-order chi connectivity index (χ0) is 9.68. The first-order valence-corrected chi connectivity index (χ1v) is 4.76. The Morgan fingerprint density at radius 1 is 1.62 bits per heavy atom. The largest absolute Gasteiger partial charge is 0.333 e. The molecule has 0 bridgehead atoms. The van der Waals surface area contributed by atoms with Gasteiger partial charge in [0.05, 0.1) is 18.1 Å². The minimum atomic E-state index is 0.229. The summed E-state index contributed by atoms with van der Waals surface area (Å²) in [6, 6.07) is 0.229. The van der Waals surface area contributed by atoms with Crippen LogP contribution in [0.3, 0.4) is 0 Å². The summed E-state index contributed by atoms with van der Waals surface area (Å²) in [5, 5.41) is 3.32. The number of aromatic nitrogens is 2. The van der Waals surface area contributed by atoms with Gasteiger partial charge in [-0.2, -0.15) is 0 Å². The van der Waals surface area contributed by atoms with Crippen LogP contribution in [0.15, 0.2) is 12.5 Å². The highest BCUT2D eigenvalue weighted by Gasteiger charge is 2.11. The monoisotopic (exact) mass is 182 g/mol. The summed E-state index contributed by atoms with van der Waals surface area (Å²) in [6.45, 7) is 6.66. The lowest BCUT2D eigenvalue weighted by atomic mass is 10.2. The van der Waals surface area contributed by atoms with E-state index in [1.807, 2.05) is 12.5 Å². The molecule has 4 nitrogen and oxygen atoms in total. The third kappa shape index (κ3) is 2.29. The minimum absolute atomic E-state index is 0.229. The average Bonchev–Trinajstić information content (AvgIpc) is 2.61. The number of nitrogens with two attached hydrogens (primary N) is 1. The summed E-state index contributed by atoms with van der Waals surface area (Å²) in [5.74, 6) is 0. The Hall–Kier alpha value is -0.870. The SMILES string of the molecule is CCNC(CN)c1cncn1CC. The van der Waals surface area contributed by atoms with E-state index in [2.05, 4.69) is 28.7 Å². The predicted molar refractivity (Wildman–Crippen MR) is 53.4 cm³/mol. The fourth-order valence-corrected chi connectivity index (χ4v) is 1.44. The molecule has 1 unspecified atom stereocenters. The minimum Gasteiger partial charge on any atom is -0.333 e. The topological polar surface area (TPSA) is 55.9 Å². The second-order valence-corrected chi connectivity index (χ2v) is 2.95. The Bertz CT molecular complexity index is 244. The van der Waals surface area contributed by atoms with Gasteiger partial charge in [-0.3, -0.25) is 0 Å². The summed E-state index contributed by atoms with van der Waals surface area (Å²) in [6.07, 6.45) is 3.72. The van der Waals surface area contributed by atoms with Gasteiger partial charge in [0, 0.05) is 19.3 Å². The maximum Gasteiger partial charge on any atom is 0.0948 e. The quantitative estimate of drug-likeness (QED) is 0.697. The molecule has 1 atom stereocenters. The van der Waals surface area contributed by atoms with E-state index in [1.165, 1.54) is 5.69 Å². The van der Waals surface area contributed by atoms with E-state index in [9.17, 15) is 0 Å². The van der Waals surface area contributed by atoms with Crippen molar-refractivity contribution in [2.45, 2.75) is 26.4 Å². The molecule has 0 aliphatic heterocycles. The van der Waals surface area contributed by atoms with Gasteiger partial charge in [0.1, 0.15) is 0 Å². The second-order valence-electron chi connectivity index (χ2n) is 2.95. The van der Waals surface area contributed by atoms with Crippen molar-refractivity contribution in [3.8, 4) is 0 Å². The molecule has 0 aliphatic rings. The molecule has 3 N–H and O–H groups in total. The van der Waals surface area contributed by atoms with Crippen LogP contribution < -0.4 is 11.1 Å². The Labute approximate surface area is 79.1 Å². The molecule has 74 valence electrons. The summed E-state index contributed by atoms with van der Waals surface area (Å²) in [5.41, 5.74) is 6.84. The highest BCUT2D eigenvalue weighted by atomic mass is 15.1. The molecule has 1 aromatic heterocycles. The van der Waals surface area contributed by atoms with Gasteiger partial charge >= 0.3 is 0 Å². The van der Waals surface area contributed by atoms with Crippen LogP contribution in [0.5, 0.6) is 0 Å². The summed E-state index contributed by atoms with van der Waals surface area (Å²) in [7, 11) is 0. The maximum atomic E-state index is 5.67. The highest BCUT2D eigenvalue weighted by molar-refractivity contribution is 5.05. The van der Waals surface area contributed by atoms with Crippen LogP contribution in [0.25, 0.3) is 0 Å². The van der Waals surface area contributed by atoms with Gasteiger partial charge in [-0.1, -0.05) is 6.92 Å². The van der Waals surface area contributed by atoms with Gasteiger partial charge < -0.3 is 15.6 Å². The normalized spacial score (nSPS) is 13.2. The molecular weight excluding hydrogens is 164 g/mol.